The summed E-state index contributed by atoms with van der Waals surface area (Å²) < 4.78 is 32.3. The summed E-state index contributed by atoms with van der Waals surface area (Å²) in [6.45, 7) is 8.68. The standard InChI is InChI=1S/C19H32N4O3S2.HI/c1-4-20-19(21-8-13-28(24,25)23-9-11-27-12-10-23)22-15-17(3)26-18-7-5-6-16(2)14-18;/h5-7,14,17H,4,8-13,15H2,1-3H3,(H2,20,21,22);1H. The van der Waals surface area contributed by atoms with Crippen molar-refractivity contribution in [2.45, 2.75) is 26.9 Å². The average Bonchev–Trinajstić information content (AvgIpc) is 2.67. The molecule has 1 atom stereocenters. The Morgan fingerprint density at radius 2 is 2.03 bits per heavy atom. The lowest BCUT2D eigenvalue weighted by atomic mass is 10.2. The van der Waals surface area contributed by atoms with Crippen LogP contribution in [-0.2, 0) is 10.0 Å². The number of hydrogen-bond acceptors (Lipinski definition) is 5. The number of nitrogens with zero attached hydrogens (tertiary/aromatic N) is 2. The van der Waals surface area contributed by atoms with Gasteiger partial charge >= 0.3 is 0 Å². The van der Waals surface area contributed by atoms with Crippen LogP contribution in [0.1, 0.15) is 19.4 Å². The Hall–Kier alpha value is -0.720. The van der Waals surface area contributed by atoms with E-state index in [0.29, 0.717) is 38.7 Å². The van der Waals surface area contributed by atoms with Crippen molar-refractivity contribution in [3.05, 3.63) is 29.8 Å². The monoisotopic (exact) mass is 556 g/mol. The molecule has 2 N–H and O–H groups in total. The SMILES string of the molecule is CCNC(=NCC(C)Oc1cccc(C)c1)NCCS(=O)(=O)N1CCSCC1.I. The highest BCUT2D eigenvalue weighted by Crippen LogP contribution is 2.14. The number of guanidine groups is 1. The van der Waals surface area contributed by atoms with E-state index in [1.165, 1.54) is 0 Å². The molecule has 1 fully saturated rings. The summed E-state index contributed by atoms with van der Waals surface area (Å²) in [5.74, 6) is 3.24. The number of nitrogens with one attached hydrogen (secondary N) is 2. The van der Waals surface area contributed by atoms with Gasteiger partial charge < -0.3 is 15.4 Å². The van der Waals surface area contributed by atoms with Crippen molar-refractivity contribution in [1.82, 2.24) is 14.9 Å². The molecule has 1 aromatic carbocycles. The first-order chi connectivity index (χ1) is 13.4. The number of benzene rings is 1. The minimum atomic E-state index is -3.22. The van der Waals surface area contributed by atoms with Crippen molar-refractivity contribution >= 4 is 51.7 Å². The van der Waals surface area contributed by atoms with Gasteiger partial charge in [-0.3, -0.25) is 0 Å². The van der Waals surface area contributed by atoms with E-state index in [1.54, 1.807) is 16.1 Å². The summed E-state index contributed by atoms with van der Waals surface area (Å²) in [5, 5.41) is 6.26. The highest BCUT2D eigenvalue weighted by atomic mass is 127. The van der Waals surface area contributed by atoms with E-state index < -0.39 is 10.0 Å². The van der Waals surface area contributed by atoms with Gasteiger partial charge in [0, 0.05) is 37.7 Å². The number of thioether (sulfide) groups is 1. The molecule has 29 heavy (non-hydrogen) atoms. The van der Waals surface area contributed by atoms with Crippen LogP contribution >= 0.6 is 35.7 Å². The quantitative estimate of drug-likeness (QED) is 0.276. The summed E-state index contributed by atoms with van der Waals surface area (Å²) in [4.78, 5) is 4.52. The van der Waals surface area contributed by atoms with Crippen molar-refractivity contribution in [1.29, 1.82) is 0 Å². The third-order valence-electron chi connectivity index (χ3n) is 4.19. The lowest BCUT2D eigenvalue weighted by molar-refractivity contribution is 0.230. The Bertz CT molecular complexity index is 741. The second-order valence-corrected chi connectivity index (χ2v) is 10.0. The molecule has 0 saturated carbocycles. The minimum Gasteiger partial charge on any atom is -0.489 e. The van der Waals surface area contributed by atoms with Crippen molar-refractivity contribution in [3.8, 4) is 5.75 Å². The van der Waals surface area contributed by atoms with E-state index >= 15 is 0 Å². The number of halogens is 1. The van der Waals surface area contributed by atoms with Gasteiger partial charge in [0.25, 0.3) is 0 Å². The minimum absolute atomic E-state index is 0. The molecule has 10 heteroatoms. The topological polar surface area (TPSA) is 83.0 Å². The maximum absolute atomic E-state index is 12.4. The molecule has 0 radical (unpaired) electrons. The van der Waals surface area contributed by atoms with Crippen LogP contribution in [0, 0.1) is 6.92 Å². The van der Waals surface area contributed by atoms with Crippen molar-refractivity contribution in [2.24, 2.45) is 4.99 Å². The van der Waals surface area contributed by atoms with Crippen LogP contribution in [0.4, 0.5) is 0 Å². The fourth-order valence-corrected chi connectivity index (χ4v) is 5.26. The molecule has 0 amide bonds. The molecule has 1 aliphatic rings. The van der Waals surface area contributed by atoms with Crippen LogP contribution in [0.5, 0.6) is 5.75 Å². The number of rotatable bonds is 9. The molecule has 2 rings (SSSR count). The molecular weight excluding hydrogens is 523 g/mol. The molecule has 0 bridgehead atoms. The van der Waals surface area contributed by atoms with Crippen LogP contribution in [0.25, 0.3) is 0 Å². The largest absolute Gasteiger partial charge is 0.489 e. The highest BCUT2D eigenvalue weighted by molar-refractivity contribution is 14.0. The van der Waals surface area contributed by atoms with Gasteiger partial charge in [-0.2, -0.15) is 11.8 Å². The Labute approximate surface area is 196 Å². The zero-order valence-electron chi connectivity index (χ0n) is 17.4. The first-order valence-corrected chi connectivity index (χ1v) is 12.5. The number of ether oxygens (including phenoxy) is 1. The summed E-state index contributed by atoms with van der Waals surface area (Å²) in [7, 11) is -3.22. The predicted molar refractivity (Wildman–Crippen MR) is 133 cm³/mol. The number of aryl methyl sites for hydroxylation is 1. The van der Waals surface area contributed by atoms with Gasteiger partial charge in [0.05, 0.1) is 12.3 Å². The van der Waals surface area contributed by atoms with E-state index in [1.807, 2.05) is 45.0 Å². The van der Waals surface area contributed by atoms with Gasteiger partial charge in [-0.05, 0) is 38.5 Å². The third-order valence-corrected chi connectivity index (χ3v) is 7.01. The lowest BCUT2D eigenvalue weighted by Crippen LogP contribution is -2.44. The Morgan fingerprint density at radius 3 is 2.69 bits per heavy atom. The summed E-state index contributed by atoms with van der Waals surface area (Å²) in [5.41, 5.74) is 1.15. The fourth-order valence-electron chi connectivity index (χ4n) is 2.77. The van der Waals surface area contributed by atoms with Gasteiger partial charge in [-0.1, -0.05) is 12.1 Å². The molecule has 1 aromatic rings. The molecule has 0 spiro atoms. The number of sulfonamides is 1. The summed E-state index contributed by atoms with van der Waals surface area (Å²) in [6, 6.07) is 7.92. The van der Waals surface area contributed by atoms with Gasteiger partial charge in [0.1, 0.15) is 11.9 Å². The van der Waals surface area contributed by atoms with Crippen molar-refractivity contribution < 1.29 is 13.2 Å². The van der Waals surface area contributed by atoms with E-state index in [0.717, 1.165) is 22.8 Å². The Kier molecular flexibility index (Phi) is 12.3. The average molecular weight is 557 g/mol. The van der Waals surface area contributed by atoms with Crippen LogP contribution < -0.4 is 15.4 Å². The Balaban J connectivity index is 0.00000420. The molecule has 0 aromatic heterocycles. The summed E-state index contributed by atoms with van der Waals surface area (Å²) in [6.07, 6.45) is -0.0909. The van der Waals surface area contributed by atoms with E-state index in [2.05, 4.69) is 15.6 Å². The first-order valence-electron chi connectivity index (χ1n) is 9.72. The van der Waals surface area contributed by atoms with Crippen molar-refractivity contribution in [3.63, 3.8) is 0 Å². The smallest absolute Gasteiger partial charge is 0.215 e. The highest BCUT2D eigenvalue weighted by Gasteiger charge is 2.23. The molecular formula is C19H33IN4O3S2. The zero-order chi connectivity index (χ0) is 20.4. The van der Waals surface area contributed by atoms with Crippen LogP contribution in [0.3, 0.4) is 0 Å². The fraction of sp³-hybridized carbons (Fsp3) is 0.632. The Morgan fingerprint density at radius 1 is 1.31 bits per heavy atom. The third kappa shape index (κ3) is 9.75. The maximum Gasteiger partial charge on any atom is 0.215 e. The first kappa shape index (κ1) is 26.3. The number of aliphatic imine (C=N–C) groups is 1. The predicted octanol–water partition coefficient (Wildman–Crippen LogP) is 2.31. The van der Waals surface area contributed by atoms with Crippen LogP contribution in [0.2, 0.25) is 0 Å². The van der Waals surface area contributed by atoms with Gasteiger partial charge in [0.2, 0.25) is 10.0 Å². The molecule has 1 saturated heterocycles. The zero-order valence-corrected chi connectivity index (χ0v) is 21.4. The van der Waals surface area contributed by atoms with Crippen molar-refractivity contribution in [2.75, 3.05) is 50.0 Å². The van der Waals surface area contributed by atoms with Crippen LogP contribution in [-0.4, -0.2) is 74.8 Å². The van der Waals surface area contributed by atoms with Gasteiger partial charge in [-0.25, -0.2) is 17.7 Å². The number of hydrogen-bond donors (Lipinski definition) is 2. The molecule has 166 valence electrons. The second kappa shape index (κ2) is 13.6. The van der Waals surface area contributed by atoms with E-state index in [-0.39, 0.29) is 35.8 Å². The lowest BCUT2D eigenvalue weighted by Gasteiger charge is -2.25. The summed E-state index contributed by atoms with van der Waals surface area (Å²) >= 11 is 1.80. The molecule has 1 heterocycles. The van der Waals surface area contributed by atoms with E-state index in [4.69, 9.17) is 4.74 Å². The van der Waals surface area contributed by atoms with E-state index in [9.17, 15) is 8.42 Å². The van der Waals surface area contributed by atoms with Crippen LogP contribution in [0.15, 0.2) is 29.3 Å². The van der Waals surface area contributed by atoms with Gasteiger partial charge in [0.15, 0.2) is 5.96 Å². The van der Waals surface area contributed by atoms with Gasteiger partial charge in [-0.15, -0.1) is 24.0 Å². The molecule has 1 aliphatic heterocycles. The second-order valence-electron chi connectivity index (χ2n) is 6.72. The molecule has 1 unspecified atom stereocenters. The molecule has 0 aliphatic carbocycles. The molecule has 7 nitrogen and oxygen atoms in total. The normalized spacial score (nSPS) is 16.6. The maximum atomic E-state index is 12.4.